The van der Waals surface area contributed by atoms with Crippen molar-refractivity contribution >= 4 is 27.8 Å². The summed E-state index contributed by atoms with van der Waals surface area (Å²) in [6.45, 7) is 0. The summed E-state index contributed by atoms with van der Waals surface area (Å²) in [5.41, 5.74) is -0.717. The van der Waals surface area contributed by atoms with Gasteiger partial charge in [0.25, 0.3) is 5.91 Å². The molecule has 0 atom stereocenters. The van der Waals surface area contributed by atoms with Crippen LogP contribution < -0.4 is 5.32 Å². The summed E-state index contributed by atoms with van der Waals surface area (Å²) in [5, 5.41) is 11.7. The van der Waals surface area contributed by atoms with E-state index < -0.39 is 17.4 Å². The zero-order valence-corrected chi connectivity index (χ0v) is 10.5. The fourth-order valence-corrected chi connectivity index (χ4v) is 1.96. The first kappa shape index (κ1) is 12.0. The van der Waals surface area contributed by atoms with E-state index in [-0.39, 0.29) is 0 Å². The van der Waals surface area contributed by atoms with E-state index in [2.05, 4.69) is 26.2 Å². The number of nitrogens with zero attached hydrogens (tertiary/aromatic N) is 1. The van der Waals surface area contributed by atoms with E-state index in [1.807, 2.05) is 0 Å². The number of hydrogen-bond acceptors (Lipinski definition) is 3. The molecule has 0 unspecified atom stereocenters. The number of carboxylic acids is 1. The van der Waals surface area contributed by atoms with Gasteiger partial charge < -0.3 is 10.4 Å². The second-order valence-electron chi connectivity index (χ2n) is 4.06. The molecule has 0 aliphatic heterocycles. The van der Waals surface area contributed by atoms with E-state index in [9.17, 15) is 9.59 Å². The van der Waals surface area contributed by atoms with Crippen LogP contribution in [0.1, 0.15) is 29.6 Å². The number of rotatable bonds is 3. The summed E-state index contributed by atoms with van der Waals surface area (Å²) < 4.78 is 0.630. The maximum atomic E-state index is 11.8. The number of pyridine rings is 1. The number of aromatic nitrogens is 1. The van der Waals surface area contributed by atoms with Gasteiger partial charge in [0.2, 0.25) is 0 Å². The maximum absolute atomic E-state index is 11.8. The highest BCUT2D eigenvalue weighted by Crippen LogP contribution is 2.32. The smallest absolute Gasteiger partial charge is 0.329 e. The number of halogens is 1. The van der Waals surface area contributed by atoms with Crippen LogP contribution in [0.3, 0.4) is 0 Å². The predicted molar refractivity (Wildman–Crippen MR) is 63.6 cm³/mol. The Kier molecular flexibility index (Phi) is 3.15. The lowest BCUT2D eigenvalue weighted by molar-refractivity contribution is -0.148. The molecule has 6 heteroatoms. The highest BCUT2D eigenvalue weighted by molar-refractivity contribution is 9.10. The largest absolute Gasteiger partial charge is 0.480 e. The minimum atomic E-state index is -1.08. The summed E-state index contributed by atoms with van der Waals surface area (Å²) in [6, 6.07) is 3.24. The molecular formula is C11H11BrN2O3. The SMILES string of the molecule is O=C(NC1(C(=O)O)CCC1)c1ccc(Br)nc1. The van der Waals surface area contributed by atoms with E-state index in [0.717, 1.165) is 6.42 Å². The third-order valence-electron chi connectivity index (χ3n) is 2.96. The average Bonchev–Trinajstić information content (AvgIpc) is 2.23. The molecule has 17 heavy (non-hydrogen) atoms. The first-order chi connectivity index (χ1) is 8.03. The molecule has 2 N–H and O–H groups in total. The first-order valence-electron chi connectivity index (χ1n) is 5.21. The summed E-state index contributed by atoms with van der Waals surface area (Å²) in [4.78, 5) is 26.9. The standard InChI is InChI=1S/C11H11BrN2O3/c12-8-3-2-7(6-13-8)9(15)14-11(10(16)17)4-1-5-11/h2-3,6H,1,4-5H2,(H,14,15)(H,16,17). The molecule has 1 aromatic rings. The molecule has 5 nitrogen and oxygen atoms in total. The fraction of sp³-hybridized carbons (Fsp3) is 0.364. The molecule has 1 heterocycles. The van der Waals surface area contributed by atoms with Crippen molar-refractivity contribution in [3.05, 3.63) is 28.5 Å². The van der Waals surface area contributed by atoms with Crippen molar-refractivity contribution < 1.29 is 14.7 Å². The van der Waals surface area contributed by atoms with Crippen LogP contribution in [0.2, 0.25) is 0 Å². The van der Waals surface area contributed by atoms with E-state index in [1.165, 1.54) is 6.20 Å². The zero-order valence-electron chi connectivity index (χ0n) is 8.94. The van der Waals surface area contributed by atoms with Crippen molar-refractivity contribution in [3.63, 3.8) is 0 Å². The number of carboxylic acid groups (broad SMARTS) is 1. The van der Waals surface area contributed by atoms with Crippen LogP contribution in [0.15, 0.2) is 22.9 Å². The lowest BCUT2D eigenvalue weighted by Gasteiger charge is -2.38. The zero-order chi connectivity index (χ0) is 12.5. The Morgan fingerprint density at radius 2 is 2.12 bits per heavy atom. The Bertz CT molecular complexity index is 454. The molecule has 1 aliphatic carbocycles. The highest BCUT2D eigenvalue weighted by Gasteiger charge is 2.45. The highest BCUT2D eigenvalue weighted by atomic mass is 79.9. The van der Waals surface area contributed by atoms with Crippen LogP contribution in [-0.2, 0) is 4.79 Å². The third kappa shape index (κ3) is 2.31. The molecule has 0 bridgehead atoms. The second-order valence-corrected chi connectivity index (χ2v) is 4.88. The van der Waals surface area contributed by atoms with Gasteiger partial charge in [-0.05, 0) is 47.3 Å². The molecule has 90 valence electrons. The van der Waals surface area contributed by atoms with Crippen LogP contribution in [0.5, 0.6) is 0 Å². The second kappa shape index (κ2) is 4.44. The minimum Gasteiger partial charge on any atom is -0.480 e. The van der Waals surface area contributed by atoms with Crippen LogP contribution in [-0.4, -0.2) is 27.5 Å². The van der Waals surface area contributed by atoms with Crippen LogP contribution in [0.4, 0.5) is 0 Å². The molecule has 1 aromatic heterocycles. The summed E-state index contributed by atoms with van der Waals surface area (Å²) in [7, 11) is 0. The Hall–Kier alpha value is -1.43. The van der Waals surface area contributed by atoms with Gasteiger partial charge in [-0.2, -0.15) is 0 Å². The third-order valence-corrected chi connectivity index (χ3v) is 3.43. The van der Waals surface area contributed by atoms with E-state index in [0.29, 0.717) is 23.0 Å². The van der Waals surface area contributed by atoms with Gasteiger partial charge >= 0.3 is 5.97 Å². The molecule has 0 radical (unpaired) electrons. The van der Waals surface area contributed by atoms with Crippen molar-refractivity contribution in [3.8, 4) is 0 Å². The van der Waals surface area contributed by atoms with Gasteiger partial charge in [-0.25, -0.2) is 9.78 Å². The van der Waals surface area contributed by atoms with Crippen molar-refractivity contribution in [1.29, 1.82) is 0 Å². The molecule has 2 rings (SSSR count). The number of carbonyl (C=O) groups is 2. The van der Waals surface area contributed by atoms with Crippen LogP contribution in [0, 0.1) is 0 Å². The number of carbonyl (C=O) groups excluding carboxylic acids is 1. The summed E-state index contributed by atoms with van der Waals surface area (Å²) in [5.74, 6) is -1.37. The lowest BCUT2D eigenvalue weighted by atomic mass is 9.76. The average molecular weight is 299 g/mol. The fourth-order valence-electron chi connectivity index (χ4n) is 1.72. The van der Waals surface area contributed by atoms with Gasteiger partial charge in [0, 0.05) is 6.20 Å². The monoisotopic (exact) mass is 298 g/mol. The van der Waals surface area contributed by atoms with Gasteiger partial charge in [-0.1, -0.05) is 0 Å². The number of nitrogens with one attached hydrogen (secondary N) is 1. The minimum absolute atomic E-state index is 0.362. The van der Waals surface area contributed by atoms with Gasteiger partial charge in [-0.3, -0.25) is 4.79 Å². The Balaban J connectivity index is 2.11. The van der Waals surface area contributed by atoms with Gasteiger partial charge in [0.05, 0.1) is 5.56 Å². The van der Waals surface area contributed by atoms with E-state index in [4.69, 9.17) is 5.11 Å². The predicted octanol–water partition coefficient (Wildman–Crippen LogP) is 1.58. The molecule has 0 saturated heterocycles. The van der Waals surface area contributed by atoms with Gasteiger partial charge in [-0.15, -0.1) is 0 Å². The lowest BCUT2D eigenvalue weighted by Crippen LogP contribution is -2.59. The number of hydrogen-bond donors (Lipinski definition) is 2. The Labute approximate surface area is 106 Å². The van der Waals surface area contributed by atoms with Crippen molar-refractivity contribution in [2.75, 3.05) is 0 Å². The maximum Gasteiger partial charge on any atom is 0.329 e. The molecule has 1 aliphatic rings. The first-order valence-corrected chi connectivity index (χ1v) is 6.00. The van der Waals surface area contributed by atoms with E-state index in [1.54, 1.807) is 12.1 Å². The van der Waals surface area contributed by atoms with Crippen LogP contribution in [0.25, 0.3) is 0 Å². The molecule has 1 saturated carbocycles. The van der Waals surface area contributed by atoms with Gasteiger partial charge in [0.15, 0.2) is 0 Å². The molecule has 0 spiro atoms. The van der Waals surface area contributed by atoms with Gasteiger partial charge in [0.1, 0.15) is 10.1 Å². The quantitative estimate of drug-likeness (QED) is 0.831. The van der Waals surface area contributed by atoms with Crippen LogP contribution >= 0.6 is 15.9 Å². The van der Waals surface area contributed by atoms with Crippen molar-refractivity contribution in [1.82, 2.24) is 10.3 Å². The normalized spacial score (nSPS) is 17.0. The van der Waals surface area contributed by atoms with E-state index >= 15 is 0 Å². The Morgan fingerprint density at radius 3 is 2.53 bits per heavy atom. The molecule has 1 fully saturated rings. The number of aliphatic carboxylic acids is 1. The van der Waals surface area contributed by atoms with Crippen molar-refractivity contribution in [2.24, 2.45) is 0 Å². The number of amides is 1. The van der Waals surface area contributed by atoms with Crippen molar-refractivity contribution in [2.45, 2.75) is 24.8 Å². The molecular weight excluding hydrogens is 288 g/mol. The topological polar surface area (TPSA) is 79.3 Å². The summed E-state index contributed by atoms with van der Waals surface area (Å²) >= 11 is 3.17. The summed E-state index contributed by atoms with van der Waals surface area (Å²) in [6.07, 6.45) is 3.20. The molecule has 0 aromatic carbocycles. The molecule has 1 amide bonds. The Morgan fingerprint density at radius 1 is 1.41 bits per heavy atom.